The fourth-order valence-corrected chi connectivity index (χ4v) is 1.95. The summed E-state index contributed by atoms with van der Waals surface area (Å²) in [6, 6.07) is 5.41. The number of carboxylic acids is 1. The SMILES string of the molecule is Cc1cc2cc(/C=C/C(=O)O)c(Cl)nc2cc1Cl. The molecule has 5 heteroatoms. The molecule has 0 unspecified atom stereocenters. The summed E-state index contributed by atoms with van der Waals surface area (Å²) < 4.78 is 0. The predicted molar refractivity (Wildman–Crippen MR) is 73.2 cm³/mol. The van der Waals surface area contributed by atoms with Gasteiger partial charge in [-0.15, -0.1) is 0 Å². The quantitative estimate of drug-likeness (QED) is 0.670. The molecule has 92 valence electrons. The first-order chi connectivity index (χ1) is 8.47. The summed E-state index contributed by atoms with van der Waals surface area (Å²) in [4.78, 5) is 14.7. The lowest BCUT2D eigenvalue weighted by Gasteiger charge is -2.04. The van der Waals surface area contributed by atoms with Crippen LogP contribution in [0.5, 0.6) is 0 Å². The first-order valence-corrected chi connectivity index (χ1v) is 5.90. The Morgan fingerprint density at radius 1 is 1.33 bits per heavy atom. The highest BCUT2D eigenvalue weighted by Gasteiger charge is 2.05. The number of hydrogen-bond acceptors (Lipinski definition) is 2. The molecule has 0 bridgehead atoms. The molecule has 2 rings (SSSR count). The van der Waals surface area contributed by atoms with Gasteiger partial charge >= 0.3 is 5.97 Å². The highest BCUT2D eigenvalue weighted by Crippen LogP contribution is 2.26. The van der Waals surface area contributed by atoms with Crippen LogP contribution in [0.1, 0.15) is 11.1 Å². The Bertz CT molecular complexity index is 666. The third-order valence-electron chi connectivity index (χ3n) is 2.48. The van der Waals surface area contributed by atoms with E-state index in [2.05, 4.69) is 4.98 Å². The van der Waals surface area contributed by atoms with Crippen molar-refractivity contribution in [2.45, 2.75) is 6.92 Å². The normalized spacial score (nSPS) is 11.3. The van der Waals surface area contributed by atoms with Crippen LogP contribution in [0.2, 0.25) is 10.2 Å². The van der Waals surface area contributed by atoms with Crippen LogP contribution in [0.15, 0.2) is 24.3 Å². The molecule has 0 saturated heterocycles. The van der Waals surface area contributed by atoms with Crippen molar-refractivity contribution in [1.82, 2.24) is 4.98 Å². The summed E-state index contributed by atoms with van der Waals surface area (Å²) in [5.41, 5.74) is 2.18. The minimum absolute atomic E-state index is 0.250. The molecule has 0 aliphatic heterocycles. The molecule has 0 radical (unpaired) electrons. The number of aryl methyl sites for hydroxylation is 1. The molecule has 0 spiro atoms. The van der Waals surface area contributed by atoms with Crippen molar-refractivity contribution in [3.8, 4) is 0 Å². The Balaban J connectivity index is 2.61. The fraction of sp³-hybridized carbons (Fsp3) is 0.0769. The number of carbonyl (C=O) groups is 1. The first kappa shape index (κ1) is 12.9. The standard InChI is InChI=1S/C13H9Cl2NO2/c1-7-4-9-5-8(2-3-12(17)18)13(15)16-11(9)6-10(7)14/h2-6H,1H3,(H,17,18)/b3-2+. The lowest BCUT2D eigenvalue weighted by Crippen LogP contribution is -1.89. The van der Waals surface area contributed by atoms with Crippen LogP contribution >= 0.6 is 23.2 Å². The van der Waals surface area contributed by atoms with Gasteiger partial charge in [0.05, 0.1) is 5.52 Å². The predicted octanol–water partition coefficient (Wildman–Crippen LogP) is 3.95. The van der Waals surface area contributed by atoms with E-state index >= 15 is 0 Å². The summed E-state index contributed by atoms with van der Waals surface area (Å²) in [7, 11) is 0. The van der Waals surface area contributed by atoms with Gasteiger partial charge in [0.1, 0.15) is 5.15 Å². The van der Waals surface area contributed by atoms with Crippen LogP contribution < -0.4 is 0 Å². The van der Waals surface area contributed by atoms with Crippen molar-refractivity contribution in [3.63, 3.8) is 0 Å². The number of nitrogens with zero attached hydrogens (tertiary/aromatic N) is 1. The number of aliphatic carboxylic acids is 1. The van der Waals surface area contributed by atoms with Crippen LogP contribution in [0, 0.1) is 6.92 Å². The highest BCUT2D eigenvalue weighted by atomic mass is 35.5. The van der Waals surface area contributed by atoms with E-state index in [0.717, 1.165) is 17.0 Å². The minimum atomic E-state index is -1.03. The molecule has 1 aromatic heterocycles. The Labute approximate surface area is 114 Å². The van der Waals surface area contributed by atoms with E-state index in [9.17, 15) is 4.79 Å². The largest absolute Gasteiger partial charge is 0.478 e. The van der Waals surface area contributed by atoms with Gasteiger partial charge in [0.25, 0.3) is 0 Å². The summed E-state index contributed by atoms with van der Waals surface area (Å²) in [6.07, 6.45) is 2.44. The number of fused-ring (bicyclic) bond motifs is 1. The Morgan fingerprint density at radius 2 is 2.06 bits per heavy atom. The molecule has 0 atom stereocenters. The molecule has 1 heterocycles. The lowest BCUT2D eigenvalue weighted by atomic mass is 10.1. The number of carboxylic acid groups (broad SMARTS) is 1. The molecule has 18 heavy (non-hydrogen) atoms. The summed E-state index contributed by atoms with van der Waals surface area (Å²) in [5.74, 6) is -1.03. The average molecular weight is 282 g/mol. The van der Waals surface area contributed by atoms with Crippen molar-refractivity contribution in [2.24, 2.45) is 0 Å². The first-order valence-electron chi connectivity index (χ1n) is 5.15. The van der Waals surface area contributed by atoms with E-state index in [-0.39, 0.29) is 5.15 Å². The van der Waals surface area contributed by atoms with Crippen molar-refractivity contribution in [1.29, 1.82) is 0 Å². The second-order valence-electron chi connectivity index (χ2n) is 3.83. The monoisotopic (exact) mass is 281 g/mol. The molecular weight excluding hydrogens is 273 g/mol. The zero-order chi connectivity index (χ0) is 13.3. The van der Waals surface area contributed by atoms with E-state index in [4.69, 9.17) is 28.3 Å². The Morgan fingerprint density at radius 3 is 2.72 bits per heavy atom. The third-order valence-corrected chi connectivity index (χ3v) is 3.19. The van der Waals surface area contributed by atoms with Crippen LogP contribution in [-0.4, -0.2) is 16.1 Å². The van der Waals surface area contributed by atoms with Crippen LogP contribution in [-0.2, 0) is 4.79 Å². The number of aromatic nitrogens is 1. The number of rotatable bonds is 2. The number of halogens is 2. The molecule has 1 N–H and O–H groups in total. The second-order valence-corrected chi connectivity index (χ2v) is 4.60. The Kier molecular flexibility index (Phi) is 3.55. The van der Waals surface area contributed by atoms with Gasteiger partial charge in [-0.1, -0.05) is 23.2 Å². The van der Waals surface area contributed by atoms with Gasteiger partial charge in [0.15, 0.2) is 0 Å². The minimum Gasteiger partial charge on any atom is -0.478 e. The molecule has 0 saturated carbocycles. The number of pyridine rings is 1. The van der Waals surface area contributed by atoms with Gasteiger partial charge in [-0.25, -0.2) is 9.78 Å². The van der Waals surface area contributed by atoms with Crippen molar-refractivity contribution in [2.75, 3.05) is 0 Å². The molecule has 0 fully saturated rings. The topological polar surface area (TPSA) is 50.2 Å². The van der Waals surface area contributed by atoms with Gasteiger partial charge in [0, 0.05) is 22.0 Å². The van der Waals surface area contributed by atoms with E-state index < -0.39 is 5.97 Å². The smallest absolute Gasteiger partial charge is 0.328 e. The van der Waals surface area contributed by atoms with Gasteiger partial charge in [-0.3, -0.25) is 0 Å². The Hall–Kier alpha value is -1.58. The van der Waals surface area contributed by atoms with Gasteiger partial charge < -0.3 is 5.11 Å². The van der Waals surface area contributed by atoms with E-state index in [0.29, 0.717) is 16.1 Å². The van der Waals surface area contributed by atoms with Gasteiger partial charge in [-0.2, -0.15) is 0 Å². The maximum atomic E-state index is 10.5. The average Bonchev–Trinajstić information content (AvgIpc) is 2.29. The zero-order valence-corrected chi connectivity index (χ0v) is 11.0. The van der Waals surface area contributed by atoms with Crippen LogP contribution in [0.4, 0.5) is 0 Å². The maximum absolute atomic E-state index is 10.5. The molecule has 0 amide bonds. The molecule has 0 aliphatic carbocycles. The van der Waals surface area contributed by atoms with Crippen molar-refractivity contribution in [3.05, 3.63) is 45.6 Å². The fourth-order valence-electron chi connectivity index (χ4n) is 1.58. The second kappa shape index (κ2) is 4.96. The summed E-state index contributed by atoms with van der Waals surface area (Å²) >= 11 is 12.0. The van der Waals surface area contributed by atoms with Crippen molar-refractivity contribution >= 4 is 46.2 Å². The zero-order valence-electron chi connectivity index (χ0n) is 9.45. The maximum Gasteiger partial charge on any atom is 0.328 e. The summed E-state index contributed by atoms with van der Waals surface area (Å²) in [6.45, 7) is 1.89. The summed E-state index contributed by atoms with van der Waals surface area (Å²) in [5, 5.41) is 10.3. The highest BCUT2D eigenvalue weighted by molar-refractivity contribution is 6.33. The van der Waals surface area contributed by atoms with E-state index in [1.165, 1.54) is 6.08 Å². The van der Waals surface area contributed by atoms with Crippen LogP contribution in [0.25, 0.3) is 17.0 Å². The van der Waals surface area contributed by atoms with E-state index in [1.54, 1.807) is 12.1 Å². The molecule has 3 nitrogen and oxygen atoms in total. The number of hydrogen-bond donors (Lipinski definition) is 1. The molecule has 1 aromatic carbocycles. The van der Waals surface area contributed by atoms with Crippen molar-refractivity contribution < 1.29 is 9.90 Å². The molecule has 2 aromatic rings. The third kappa shape index (κ3) is 2.63. The lowest BCUT2D eigenvalue weighted by molar-refractivity contribution is -0.131. The van der Waals surface area contributed by atoms with Gasteiger partial charge in [0.2, 0.25) is 0 Å². The van der Waals surface area contributed by atoms with E-state index in [1.807, 2.05) is 13.0 Å². The van der Waals surface area contributed by atoms with Gasteiger partial charge in [-0.05, 0) is 36.8 Å². The van der Waals surface area contributed by atoms with Crippen LogP contribution in [0.3, 0.4) is 0 Å². The number of benzene rings is 1. The molecular formula is C13H9Cl2NO2. The molecule has 0 aliphatic rings.